The highest BCUT2D eigenvalue weighted by Gasteiger charge is 2.23. The molecule has 0 saturated heterocycles. The first-order chi connectivity index (χ1) is 18.9. The van der Waals surface area contributed by atoms with E-state index in [1.165, 1.54) is 12.1 Å². The summed E-state index contributed by atoms with van der Waals surface area (Å²) in [7, 11) is 0. The fourth-order valence-corrected chi connectivity index (χ4v) is 4.03. The van der Waals surface area contributed by atoms with Gasteiger partial charge in [0.2, 0.25) is 5.91 Å². The summed E-state index contributed by atoms with van der Waals surface area (Å²) < 4.78 is 11.9. The van der Waals surface area contributed by atoms with Gasteiger partial charge < -0.3 is 30.9 Å². The Morgan fingerprint density at radius 1 is 0.897 bits per heavy atom. The zero-order valence-corrected chi connectivity index (χ0v) is 21.7. The number of hydrogen-bond donors (Lipinski definition) is 5. The van der Waals surface area contributed by atoms with Crippen LogP contribution in [0.3, 0.4) is 0 Å². The van der Waals surface area contributed by atoms with Gasteiger partial charge in [0.05, 0.1) is 12.2 Å². The number of hydrogen-bond acceptors (Lipinski definition) is 6. The molecule has 0 radical (unpaired) electrons. The number of amides is 1. The number of anilines is 1. The zero-order valence-electron chi connectivity index (χ0n) is 21.7. The van der Waals surface area contributed by atoms with Crippen molar-refractivity contribution >= 4 is 17.4 Å². The van der Waals surface area contributed by atoms with Gasteiger partial charge in [0.25, 0.3) is 0 Å². The third kappa shape index (κ3) is 7.29. The van der Waals surface area contributed by atoms with Crippen LogP contribution in [-0.2, 0) is 17.9 Å². The molecule has 8 nitrogen and oxygen atoms in total. The maximum Gasteiger partial charge on any atom is 0.247 e. The number of nitrogens with one attached hydrogen (secondary N) is 3. The number of nitrogen functional groups attached to an aromatic ring is 1. The summed E-state index contributed by atoms with van der Waals surface area (Å²) in [6, 6.07) is 28.7. The van der Waals surface area contributed by atoms with Gasteiger partial charge in [0.1, 0.15) is 24.2 Å². The van der Waals surface area contributed by atoms with Crippen LogP contribution in [-0.4, -0.2) is 23.5 Å². The Morgan fingerprint density at radius 2 is 1.59 bits per heavy atom. The Balaban J connectivity index is 1.61. The van der Waals surface area contributed by atoms with E-state index in [0.29, 0.717) is 42.5 Å². The molecule has 4 aromatic carbocycles. The molecule has 0 unspecified atom stereocenters. The van der Waals surface area contributed by atoms with Crippen molar-refractivity contribution in [3.8, 4) is 17.2 Å². The SMILES string of the molecule is CCOc1cc([C@H](Nc2ccc(C(=N)N)c(O)c2)C(=O)NCc2ccccc2)ccc1OCc1ccccc1. The first-order valence-corrected chi connectivity index (χ1v) is 12.6. The van der Waals surface area contributed by atoms with Crippen LogP contribution in [0.2, 0.25) is 0 Å². The number of carbonyl (C=O) groups excluding carboxylic acids is 1. The molecule has 4 rings (SSSR count). The number of benzene rings is 4. The molecule has 0 heterocycles. The van der Waals surface area contributed by atoms with Gasteiger partial charge in [-0.15, -0.1) is 0 Å². The predicted octanol–water partition coefficient (Wildman–Crippen LogP) is 5.12. The first-order valence-electron chi connectivity index (χ1n) is 12.6. The van der Waals surface area contributed by atoms with Crippen LogP contribution in [0, 0.1) is 5.41 Å². The number of ether oxygens (including phenoxy) is 2. The molecule has 0 aliphatic rings. The molecule has 0 fully saturated rings. The number of phenolic OH excluding ortho intramolecular Hbond substituents is 1. The molecule has 200 valence electrons. The number of rotatable bonds is 12. The Hall–Kier alpha value is -4.98. The third-order valence-electron chi connectivity index (χ3n) is 6.01. The standard InChI is InChI=1S/C31H32N4O4/c1-2-38-28-17-23(13-16-27(28)39-20-22-11-7-4-8-12-22)29(31(37)34-19-21-9-5-3-6-10-21)35-24-14-15-25(30(32)33)26(36)18-24/h3-18,29,35-36H,2,19-20H2,1H3,(H3,32,33)(H,34,37)/t29-/m0/s1. The van der Waals surface area contributed by atoms with Gasteiger partial charge in [-0.1, -0.05) is 66.7 Å². The fourth-order valence-electron chi connectivity index (χ4n) is 4.03. The number of amidine groups is 1. The van der Waals surface area contributed by atoms with Crippen LogP contribution in [0.25, 0.3) is 0 Å². The number of phenols is 1. The molecule has 1 amide bonds. The minimum absolute atomic E-state index is 0.157. The molecule has 0 bridgehead atoms. The third-order valence-corrected chi connectivity index (χ3v) is 6.01. The van der Waals surface area contributed by atoms with Crippen LogP contribution >= 0.6 is 0 Å². The molecule has 4 aromatic rings. The highest BCUT2D eigenvalue weighted by molar-refractivity contribution is 5.98. The molecule has 0 aromatic heterocycles. The highest BCUT2D eigenvalue weighted by atomic mass is 16.5. The van der Waals surface area contributed by atoms with Crippen molar-refractivity contribution in [2.24, 2.45) is 5.73 Å². The van der Waals surface area contributed by atoms with Crippen molar-refractivity contribution in [2.45, 2.75) is 26.1 Å². The second-order valence-corrected chi connectivity index (χ2v) is 8.84. The normalized spacial score (nSPS) is 11.3. The minimum atomic E-state index is -0.821. The Kier molecular flexibility index (Phi) is 9.03. The van der Waals surface area contributed by atoms with Gasteiger partial charge in [-0.2, -0.15) is 0 Å². The summed E-state index contributed by atoms with van der Waals surface area (Å²) in [5.41, 5.74) is 8.87. The van der Waals surface area contributed by atoms with Crippen molar-refractivity contribution in [3.05, 3.63) is 119 Å². The molecule has 0 spiro atoms. The summed E-state index contributed by atoms with van der Waals surface area (Å²) in [5, 5.41) is 24.1. The lowest BCUT2D eigenvalue weighted by Crippen LogP contribution is -2.33. The minimum Gasteiger partial charge on any atom is -0.507 e. The van der Waals surface area contributed by atoms with E-state index in [2.05, 4.69) is 10.6 Å². The maximum atomic E-state index is 13.5. The Bertz CT molecular complexity index is 1410. The largest absolute Gasteiger partial charge is 0.507 e. The average molecular weight is 525 g/mol. The van der Waals surface area contributed by atoms with E-state index >= 15 is 0 Å². The highest BCUT2D eigenvalue weighted by Crippen LogP contribution is 2.33. The van der Waals surface area contributed by atoms with Crippen molar-refractivity contribution in [1.82, 2.24) is 5.32 Å². The van der Waals surface area contributed by atoms with E-state index in [1.54, 1.807) is 18.2 Å². The first kappa shape index (κ1) is 27.1. The quantitative estimate of drug-likeness (QED) is 0.129. The van der Waals surface area contributed by atoms with Crippen LogP contribution in [0.15, 0.2) is 97.1 Å². The van der Waals surface area contributed by atoms with Gasteiger partial charge in [-0.25, -0.2) is 0 Å². The van der Waals surface area contributed by atoms with Crippen LogP contribution in [0.1, 0.15) is 35.2 Å². The van der Waals surface area contributed by atoms with E-state index in [4.69, 9.17) is 20.6 Å². The summed E-state index contributed by atoms with van der Waals surface area (Å²) >= 11 is 0. The van der Waals surface area contributed by atoms with Crippen molar-refractivity contribution < 1.29 is 19.4 Å². The predicted molar refractivity (Wildman–Crippen MR) is 152 cm³/mol. The Morgan fingerprint density at radius 3 is 2.23 bits per heavy atom. The molecular formula is C31H32N4O4. The van der Waals surface area contributed by atoms with Crippen molar-refractivity contribution in [1.29, 1.82) is 5.41 Å². The van der Waals surface area contributed by atoms with Gasteiger partial charge in [-0.3, -0.25) is 10.2 Å². The maximum absolute atomic E-state index is 13.5. The van der Waals surface area contributed by atoms with E-state index in [9.17, 15) is 9.90 Å². The van der Waals surface area contributed by atoms with E-state index < -0.39 is 6.04 Å². The molecule has 0 aliphatic heterocycles. The Labute approximate surface area is 227 Å². The lowest BCUT2D eigenvalue weighted by Gasteiger charge is -2.22. The second-order valence-electron chi connectivity index (χ2n) is 8.84. The van der Waals surface area contributed by atoms with Crippen molar-refractivity contribution in [3.63, 3.8) is 0 Å². The van der Waals surface area contributed by atoms with Gasteiger partial charge in [0.15, 0.2) is 11.5 Å². The summed E-state index contributed by atoms with van der Waals surface area (Å²) in [5.74, 6) is 0.411. The average Bonchev–Trinajstić information content (AvgIpc) is 2.95. The molecule has 1 atom stereocenters. The topological polar surface area (TPSA) is 130 Å². The fraction of sp³-hybridized carbons (Fsp3) is 0.161. The number of aromatic hydroxyl groups is 1. The summed E-state index contributed by atoms with van der Waals surface area (Å²) in [6.45, 7) is 3.03. The second kappa shape index (κ2) is 13.0. The zero-order chi connectivity index (χ0) is 27.6. The van der Waals surface area contributed by atoms with Crippen molar-refractivity contribution in [2.75, 3.05) is 11.9 Å². The number of nitrogens with two attached hydrogens (primary N) is 1. The molecular weight excluding hydrogens is 492 g/mol. The number of carbonyl (C=O) groups is 1. The van der Waals surface area contributed by atoms with Crippen LogP contribution in [0.5, 0.6) is 17.2 Å². The van der Waals surface area contributed by atoms with Gasteiger partial charge >= 0.3 is 0 Å². The lowest BCUT2D eigenvalue weighted by molar-refractivity contribution is -0.122. The smallest absolute Gasteiger partial charge is 0.247 e. The van der Waals surface area contributed by atoms with Gasteiger partial charge in [-0.05, 0) is 47.9 Å². The summed E-state index contributed by atoms with van der Waals surface area (Å²) in [6.07, 6.45) is 0. The monoisotopic (exact) mass is 524 g/mol. The summed E-state index contributed by atoms with van der Waals surface area (Å²) in [4.78, 5) is 13.5. The van der Waals surface area contributed by atoms with E-state index in [-0.39, 0.29) is 23.1 Å². The van der Waals surface area contributed by atoms with E-state index in [0.717, 1.165) is 11.1 Å². The van der Waals surface area contributed by atoms with Crippen LogP contribution < -0.4 is 25.8 Å². The molecule has 0 saturated carbocycles. The molecule has 8 heteroatoms. The van der Waals surface area contributed by atoms with E-state index in [1.807, 2.05) is 73.7 Å². The van der Waals surface area contributed by atoms with Crippen LogP contribution in [0.4, 0.5) is 5.69 Å². The molecule has 39 heavy (non-hydrogen) atoms. The molecule has 0 aliphatic carbocycles. The molecule has 6 N–H and O–H groups in total. The lowest BCUT2D eigenvalue weighted by atomic mass is 10.0. The van der Waals surface area contributed by atoms with Gasteiger partial charge in [0, 0.05) is 18.3 Å².